The number of hydrogen-bond donors (Lipinski definition) is 0. The van der Waals surface area contributed by atoms with Crippen LogP contribution in [0.15, 0.2) is 88.9 Å². The number of methoxy groups -OCH3 is 1. The monoisotopic (exact) mass is 449 g/mol. The molecule has 1 aliphatic heterocycles. The smallest absolute Gasteiger partial charge is 0.262 e. The van der Waals surface area contributed by atoms with Gasteiger partial charge in [0.25, 0.3) is 5.91 Å². The maximum atomic E-state index is 13.4. The molecule has 0 fully saturated rings. The first-order valence-electron chi connectivity index (χ1n) is 8.99. The Morgan fingerprint density at radius 3 is 2.38 bits per heavy atom. The fraction of sp³-hybridized carbons (Fsp3) is 0.0417. The third-order valence-electron chi connectivity index (χ3n) is 4.64. The first kappa shape index (κ1) is 19.2. The zero-order valence-electron chi connectivity index (χ0n) is 15.6. The Kier molecular flexibility index (Phi) is 5.32. The molecule has 0 radical (unpaired) electrons. The van der Waals surface area contributed by atoms with Crippen LogP contribution in [-0.2, 0) is 4.79 Å². The number of anilines is 1. The Balaban J connectivity index is 1.79. The van der Waals surface area contributed by atoms with Gasteiger partial charge in [0.05, 0.1) is 17.3 Å². The Bertz CT molecular complexity index is 1120. The molecule has 0 aromatic heterocycles. The largest absolute Gasteiger partial charge is 0.496 e. The number of rotatable bonds is 4. The number of amides is 1. The van der Waals surface area contributed by atoms with E-state index in [-0.39, 0.29) is 11.7 Å². The highest BCUT2D eigenvalue weighted by molar-refractivity contribution is 9.10. The molecule has 0 atom stereocenters. The van der Waals surface area contributed by atoms with Crippen LogP contribution >= 0.6 is 15.9 Å². The van der Waals surface area contributed by atoms with E-state index in [1.165, 1.54) is 12.1 Å². The number of nitrogens with zero attached hydrogens (tertiary/aromatic N) is 1. The zero-order chi connectivity index (χ0) is 20.4. The van der Waals surface area contributed by atoms with Gasteiger partial charge in [0.1, 0.15) is 11.6 Å². The highest BCUT2D eigenvalue weighted by Gasteiger charge is 2.30. The Hall–Kier alpha value is -3.18. The van der Waals surface area contributed by atoms with E-state index >= 15 is 0 Å². The van der Waals surface area contributed by atoms with Gasteiger partial charge in [0.15, 0.2) is 0 Å². The molecule has 4 rings (SSSR count). The molecule has 1 aliphatic rings. The molecule has 0 bridgehead atoms. The van der Waals surface area contributed by atoms with Crippen LogP contribution < -0.4 is 9.64 Å². The topological polar surface area (TPSA) is 29.5 Å². The molecule has 144 valence electrons. The molecular formula is C24H17BrFNO2. The average molecular weight is 450 g/mol. The van der Waals surface area contributed by atoms with Crippen LogP contribution in [-0.4, -0.2) is 13.0 Å². The lowest BCUT2D eigenvalue weighted by atomic mass is 10.1. The predicted octanol–water partition coefficient (Wildman–Crippen LogP) is 6.07. The van der Waals surface area contributed by atoms with E-state index in [9.17, 15) is 9.18 Å². The number of benzene rings is 3. The number of carbonyl (C=O) groups is 1. The van der Waals surface area contributed by atoms with Crippen LogP contribution in [0.1, 0.15) is 11.1 Å². The van der Waals surface area contributed by atoms with Crippen molar-refractivity contribution in [1.82, 2.24) is 0 Å². The number of ether oxygens (including phenoxy) is 1. The number of halogens is 2. The van der Waals surface area contributed by atoms with Gasteiger partial charge in [-0.2, -0.15) is 0 Å². The van der Waals surface area contributed by atoms with Gasteiger partial charge in [-0.3, -0.25) is 9.69 Å². The van der Waals surface area contributed by atoms with Gasteiger partial charge in [-0.1, -0.05) is 36.4 Å². The van der Waals surface area contributed by atoms with Gasteiger partial charge in [0.2, 0.25) is 0 Å². The molecule has 5 heteroatoms. The molecule has 0 N–H and O–H groups in total. The average Bonchev–Trinajstić information content (AvgIpc) is 3.06. The minimum Gasteiger partial charge on any atom is -0.496 e. The van der Waals surface area contributed by atoms with Crippen LogP contribution in [0, 0.1) is 5.82 Å². The molecule has 0 saturated carbocycles. The van der Waals surface area contributed by atoms with Crippen molar-refractivity contribution in [3.8, 4) is 5.75 Å². The van der Waals surface area contributed by atoms with Crippen molar-refractivity contribution >= 4 is 39.3 Å². The molecule has 0 aliphatic carbocycles. The highest BCUT2D eigenvalue weighted by atomic mass is 79.9. The summed E-state index contributed by atoms with van der Waals surface area (Å²) in [4.78, 5) is 14.9. The van der Waals surface area contributed by atoms with Crippen LogP contribution in [0.4, 0.5) is 10.1 Å². The Labute approximate surface area is 176 Å². The van der Waals surface area contributed by atoms with Gasteiger partial charge in [-0.15, -0.1) is 0 Å². The van der Waals surface area contributed by atoms with Gasteiger partial charge < -0.3 is 4.74 Å². The van der Waals surface area contributed by atoms with Crippen molar-refractivity contribution in [3.63, 3.8) is 0 Å². The normalized spacial score (nSPS) is 15.0. The van der Waals surface area contributed by atoms with Crippen molar-refractivity contribution in [2.24, 2.45) is 0 Å². The summed E-state index contributed by atoms with van der Waals surface area (Å²) in [5, 5.41) is 0. The quantitative estimate of drug-likeness (QED) is 0.452. The third kappa shape index (κ3) is 3.87. The van der Waals surface area contributed by atoms with E-state index in [1.54, 1.807) is 24.1 Å². The highest BCUT2D eigenvalue weighted by Crippen LogP contribution is 2.35. The van der Waals surface area contributed by atoms with Crippen molar-refractivity contribution in [1.29, 1.82) is 0 Å². The van der Waals surface area contributed by atoms with E-state index in [0.29, 0.717) is 11.3 Å². The fourth-order valence-corrected chi connectivity index (χ4v) is 3.79. The summed E-state index contributed by atoms with van der Waals surface area (Å²) in [5.41, 5.74) is 3.69. The summed E-state index contributed by atoms with van der Waals surface area (Å²) in [6.07, 6.45) is 3.69. The first-order chi connectivity index (χ1) is 14.1. The lowest BCUT2D eigenvalue weighted by molar-refractivity contribution is -0.113. The molecule has 1 amide bonds. The lowest BCUT2D eigenvalue weighted by Gasteiger charge is -2.20. The van der Waals surface area contributed by atoms with Crippen LogP contribution in [0.5, 0.6) is 5.75 Å². The van der Waals surface area contributed by atoms with Gasteiger partial charge in [0, 0.05) is 11.3 Å². The van der Waals surface area contributed by atoms with E-state index in [0.717, 1.165) is 27.0 Å². The SMILES string of the molecule is COc1ccc(C=C2C=C(c3ccccc3)N(c3ccc(F)cc3)C2=O)cc1Br. The van der Waals surface area contributed by atoms with Crippen molar-refractivity contribution in [2.75, 3.05) is 12.0 Å². The van der Waals surface area contributed by atoms with Crippen LogP contribution in [0.2, 0.25) is 0 Å². The number of hydrogen-bond acceptors (Lipinski definition) is 2. The fourth-order valence-electron chi connectivity index (χ4n) is 3.24. The van der Waals surface area contributed by atoms with E-state index < -0.39 is 0 Å². The molecule has 3 nitrogen and oxygen atoms in total. The van der Waals surface area contributed by atoms with Crippen molar-refractivity contribution in [2.45, 2.75) is 0 Å². The molecule has 29 heavy (non-hydrogen) atoms. The predicted molar refractivity (Wildman–Crippen MR) is 117 cm³/mol. The molecule has 0 unspecified atom stereocenters. The third-order valence-corrected chi connectivity index (χ3v) is 5.26. The number of carbonyl (C=O) groups excluding carboxylic acids is 1. The summed E-state index contributed by atoms with van der Waals surface area (Å²) >= 11 is 3.48. The van der Waals surface area contributed by atoms with Crippen LogP contribution in [0.25, 0.3) is 11.8 Å². The van der Waals surface area contributed by atoms with E-state index in [2.05, 4.69) is 15.9 Å². The standard InChI is InChI=1S/C24H17BrFNO2/c1-29-23-12-7-16(14-21(23)25)13-18-15-22(17-5-3-2-4-6-17)27(24(18)28)20-10-8-19(26)9-11-20/h2-15H,1H3. The van der Waals surface area contributed by atoms with Crippen molar-refractivity contribution < 1.29 is 13.9 Å². The van der Waals surface area contributed by atoms with Crippen LogP contribution in [0.3, 0.4) is 0 Å². The summed E-state index contributed by atoms with van der Waals surface area (Å²) in [6.45, 7) is 0. The molecule has 3 aromatic rings. The summed E-state index contributed by atoms with van der Waals surface area (Å²) in [5.74, 6) is 0.213. The molecular weight excluding hydrogens is 433 g/mol. The van der Waals surface area contributed by atoms with E-state index in [4.69, 9.17) is 4.74 Å². The molecule has 3 aromatic carbocycles. The van der Waals surface area contributed by atoms with Crippen molar-refractivity contribution in [3.05, 3.63) is 106 Å². The Morgan fingerprint density at radius 1 is 1.00 bits per heavy atom. The van der Waals surface area contributed by atoms with E-state index in [1.807, 2.05) is 60.7 Å². The maximum Gasteiger partial charge on any atom is 0.262 e. The molecule has 0 spiro atoms. The van der Waals surface area contributed by atoms with Gasteiger partial charge in [-0.25, -0.2) is 4.39 Å². The van der Waals surface area contributed by atoms with Gasteiger partial charge in [-0.05, 0) is 75.6 Å². The second-order valence-electron chi connectivity index (χ2n) is 6.51. The zero-order valence-corrected chi connectivity index (χ0v) is 17.2. The molecule has 0 saturated heterocycles. The minimum atomic E-state index is -0.343. The first-order valence-corrected chi connectivity index (χ1v) is 9.78. The second kappa shape index (κ2) is 8.05. The Morgan fingerprint density at radius 2 is 1.72 bits per heavy atom. The summed E-state index contributed by atoms with van der Waals surface area (Å²) < 4.78 is 19.5. The molecule has 1 heterocycles. The van der Waals surface area contributed by atoms with Gasteiger partial charge >= 0.3 is 0 Å². The summed E-state index contributed by atoms with van der Waals surface area (Å²) in [6, 6.07) is 21.2. The maximum absolute atomic E-state index is 13.4. The second-order valence-corrected chi connectivity index (χ2v) is 7.36. The minimum absolute atomic E-state index is 0.164. The summed E-state index contributed by atoms with van der Waals surface area (Å²) in [7, 11) is 1.61. The lowest BCUT2D eigenvalue weighted by Crippen LogP contribution is -2.24.